The number of carbonyl (C=O) groups is 1. The number of benzene rings is 1. The highest BCUT2D eigenvalue weighted by Crippen LogP contribution is 2.32. The van der Waals surface area contributed by atoms with Gasteiger partial charge in [0.05, 0.1) is 0 Å². The third-order valence-electron chi connectivity index (χ3n) is 5.22. The molecule has 1 aromatic heterocycles. The third-order valence-corrected chi connectivity index (χ3v) is 5.47. The Bertz CT molecular complexity index is 740. The van der Waals surface area contributed by atoms with E-state index in [1.54, 1.807) is 12.4 Å². The highest BCUT2D eigenvalue weighted by molar-refractivity contribution is 6.30. The first-order chi connectivity index (χ1) is 12.7. The van der Waals surface area contributed by atoms with Crippen LogP contribution in [0.2, 0.25) is 5.02 Å². The monoisotopic (exact) mass is 370 g/mol. The molecule has 1 amide bonds. The van der Waals surface area contributed by atoms with E-state index in [2.05, 4.69) is 19.8 Å². The van der Waals surface area contributed by atoms with Gasteiger partial charge in [-0.1, -0.05) is 23.7 Å². The van der Waals surface area contributed by atoms with Crippen molar-refractivity contribution in [3.8, 4) is 0 Å². The van der Waals surface area contributed by atoms with Gasteiger partial charge in [-0.2, -0.15) is 0 Å². The first-order valence-electron chi connectivity index (χ1n) is 9.27. The van der Waals surface area contributed by atoms with Crippen LogP contribution in [0.1, 0.15) is 31.2 Å². The molecule has 6 heteroatoms. The van der Waals surface area contributed by atoms with Gasteiger partial charge in [-0.3, -0.25) is 4.79 Å². The maximum absolute atomic E-state index is 13.1. The van der Waals surface area contributed by atoms with E-state index >= 15 is 0 Å². The molecule has 5 nitrogen and oxygen atoms in total. The zero-order valence-corrected chi connectivity index (χ0v) is 15.5. The second kappa shape index (κ2) is 7.62. The molecule has 0 atom stereocenters. The van der Waals surface area contributed by atoms with Gasteiger partial charge in [0.25, 0.3) is 0 Å². The van der Waals surface area contributed by atoms with E-state index in [0.717, 1.165) is 55.3 Å². The Morgan fingerprint density at radius 1 is 1.08 bits per heavy atom. The van der Waals surface area contributed by atoms with Crippen molar-refractivity contribution in [2.45, 2.75) is 38.3 Å². The number of carbonyl (C=O) groups excluding carboxylic acids is 1. The lowest BCUT2D eigenvalue weighted by molar-refractivity contribution is -0.137. The fourth-order valence-electron chi connectivity index (χ4n) is 3.58. The molecule has 1 saturated heterocycles. The van der Waals surface area contributed by atoms with Gasteiger partial charge in [0.2, 0.25) is 11.9 Å². The van der Waals surface area contributed by atoms with E-state index in [1.165, 1.54) is 0 Å². The number of anilines is 1. The van der Waals surface area contributed by atoms with Crippen molar-refractivity contribution in [3.05, 3.63) is 53.3 Å². The molecule has 136 valence electrons. The fraction of sp³-hybridized carbons (Fsp3) is 0.450. The second-order valence-corrected chi connectivity index (χ2v) is 7.57. The average Bonchev–Trinajstić information content (AvgIpc) is 3.53. The van der Waals surface area contributed by atoms with Gasteiger partial charge in [-0.25, -0.2) is 9.97 Å². The van der Waals surface area contributed by atoms with Crippen LogP contribution < -0.4 is 4.90 Å². The molecule has 0 N–H and O–H groups in total. The van der Waals surface area contributed by atoms with E-state index in [4.69, 9.17) is 11.6 Å². The molecular formula is C20H23ClN4O. The number of amides is 1. The number of rotatable bonds is 5. The van der Waals surface area contributed by atoms with Gasteiger partial charge < -0.3 is 9.80 Å². The van der Waals surface area contributed by atoms with E-state index in [1.807, 2.05) is 30.3 Å². The zero-order valence-electron chi connectivity index (χ0n) is 14.7. The Morgan fingerprint density at radius 3 is 2.35 bits per heavy atom. The Balaban J connectivity index is 1.38. The summed E-state index contributed by atoms with van der Waals surface area (Å²) in [5.41, 5.74) is 1.14. The number of halogens is 1. The summed E-state index contributed by atoms with van der Waals surface area (Å²) in [6, 6.07) is 10.0. The summed E-state index contributed by atoms with van der Waals surface area (Å²) in [5, 5.41) is 0.730. The minimum atomic E-state index is 0.0999. The van der Waals surface area contributed by atoms with Gasteiger partial charge >= 0.3 is 0 Å². The first kappa shape index (κ1) is 17.3. The molecule has 26 heavy (non-hydrogen) atoms. The number of hydrogen-bond donors (Lipinski definition) is 0. The Labute approximate surface area is 159 Å². The van der Waals surface area contributed by atoms with E-state index in [-0.39, 0.29) is 5.92 Å². The standard InChI is InChI=1S/C20H23ClN4O/c21-17-4-2-15(3-5-17)14-25(18-6-7-18)19(26)16-8-12-24(13-9-16)20-22-10-1-11-23-20/h1-5,10-11,16,18H,6-9,12-14H2. The molecule has 1 saturated carbocycles. The summed E-state index contributed by atoms with van der Waals surface area (Å²) < 4.78 is 0. The summed E-state index contributed by atoms with van der Waals surface area (Å²) in [5.74, 6) is 1.16. The molecule has 1 aliphatic heterocycles. The number of hydrogen-bond acceptors (Lipinski definition) is 4. The fourth-order valence-corrected chi connectivity index (χ4v) is 3.70. The van der Waals surface area contributed by atoms with Crippen molar-refractivity contribution in [1.82, 2.24) is 14.9 Å². The van der Waals surface area contributed by atoms with Crippen LogP contribution in [-0.2, 0) is 11.3 Å². The Hall–Kier alpha value is -2.14. The van der Waals surface area contributed by atoms with E-state index in [9.17, 15) is 4.79 Å². The van der Waals surface area contributed by atoms with Crippen LogP contribution in [0, 0.1) is 5.92 Å². The van der Waals surface area contributed by atoms with Gasteiger partial charge in [-0.15, -0.1) is 0 Å². The molecule has 1 aliphatic carbocycles. The zero-order chi connectivity index (χ0) is 17.9. The average molecular weight is 371 g/mol. The second-order valence-electron chi connectivity index (χ2n) is 7.13. The normalized spacial score (nSPS) is 18.0. The van der Waals surface area contributed by atoms with Crippen LogP contribution in [0.25, 0.3) is 0 Å². The first-order valence-corrected chi connectivity index (χ1v) is 9.65. The van der Waals surface area contributed by atoms with Crippen LogP contribution in [-0.4, -0.2) is 39.9 Å². The smallest absolute Gasteiger partial charge is 0.226 e. The molecule has 0 bridgehead atoms. The predicted molar refractivity (Wildman–Crippen MR) is 102 cm³/mol. The van der Waals surface area contributed by atoms with Gasteiger partial charge in [-0.05, 0) is 49.4 Å². The lowest BCUT2D eigenvalue weighted by atomic mass is 9.95. The molecule has 2 aromatic rings. The maximum Gasteiger partial charge on any atom is 0.226 e. The molecule has 2 fully saturated rings. The molecule has 0 unspecified atom stereocenters. The maximum atomic E-state index is 13.1. The topological polar surface area (TPSA) is 49.3 Å². The summed E-state index contributed by atoms with van der Waals surface area (Å²) in [7, 11) is 0. The summed E-state index contributed by atoms with van der Waals surface area (Å²) in [6.07, 6.45) is 7.49. The minimum absolute atomic E-state index is 0.0999. The molecule has 0 radical (unpaired) electrons. The molecular weight excluding hydrogens is 348 g/mol. The highest BCUT2D eigenvalue weighted by atomic mass is 35.5. The molecule has 0 spiro atoms. The Kier molecular flexibility index (Phi) is 5.07. The summed E-state index contributed by atoms with van der Waals surface area (Å²) in [4.78, 5) is 26.0. The highest BCUT2D eigenvalue weighted by Gasteiger charge is 2.37. The number of piperidine rings is 1. The van der Waals surface area contributed by atoms with E-state index in [0.29, 0.717) is 18.5 Å². The number of aromatic nitrogens is 2. The lowest BCUT2D eigenvalue weighted by Crippen LogP contribution is -2.43. The molecule has 1 aromatic carbocycles. The lowest BCUT2D eigenvalue weighted by Gasteiger charge is -2.34. The summed E-state index contributed by atoms with van der Waals surface area (Å²) in [6.45, 7) is 2.35. The van der Waals surface area contributed by atoms with Crippen LogP contribution >= 0.6 is 11.6 Å². The Morgan fingerprint density at radius 2 is 1.73 bits per heavy atom. The van der Waals surface area contributed by atoms with Crippen molar-refractivity contribution < 1.29 is 4.79 Å². The molecule has 2 heterocycles. The quantitative estimate of drug-likeness (QED) is 0.807. The van der Waals surface area contributed by atoms with Crippen LogP contribution in [0.15, 0.2) is 42.7 Å². The summed E-state index contributed by atoms with van der Waals surface area (Å²) >= 11 is 5.98. The van der Waals surface area contributed by atoms with Crippen LogP contribution in [0.3, 0.4) is 0 Å². The van der Waals surface area contributed by atoms with Crippen molar-refractivity contribution in [3.63, 3.8) is 0 Å². The van der Waals surface area contributed by atoms with Gasteiger partial charge in [0.15, 0.2) is 0 Å². The van der Waals surface area contributed by atoms with Crippen molar-refractivity contribution >= 4 is 23.5 Å². The van der Waals surface area contributed by atoms with Gasteiger partial charge in [0, 0.05) is 49.0 Å². The SMILES string of the molecule is O=C(C1CCN(c2ncccn2)CC1)N(Cc1ccc(Cl)cc1)C1CC1. The van der Waals surface area contributed by atoms with Crippen molar-refractivity contribution in [2.75, 3.05) is 18.0 Å². The minimum Gasteiger partial charge on any atom is -0.341 e. The largest absolute Gasteiger partial charge is 0.341 e. The van der Waals surface area contributed by atoms with Crippen molar-refractivity contribution in [1.29, 1.82) is 0 Å². The van der Waals surface area contributed by atoms with Crippen molar-refractivity contribution in [2.24, 2.45) is 5.92 Å². The van der Waals surface area contributed by atoms with E-state index < -0.39 is 0 Å². The molecule has 2 aliphatic rings. The van der Waals surface area contributed by atoms with Crippen LogP contribution in [0.4, 0.5) is 5.95 Å². The van der Waals surface area contributed by atoms with Gasteiger partial charge in [0.1, 0.15) is 0 Å². The number of nitrogens with zero attached hydrogens (tertiary/aromatic N) is 4. The van der Waals surface area contributed by atoms with Crippen LogP contribution in [0.5, 0.6) is 0 Å². The third kappa shape index (κ3) is 3.98. The predicted octanol–water partition coefficient (Wildman–Crippen LogP) is 3.54. The molecule has 4 rings (SSSR count).